The van der Waals surface area contributed by atoms with Gasteiger partial charge in [-0.3, -0.25) is 4.79 Å². The highest BCUT2D eigenvalue weighted by atomic mass is 32.2. The van der Waals surface area contributed by atoms with Gasteiger partial charge in [0.25, 0.3) is 5.56 Å². The lowest BCUT2D eigenvalue weighted by Crippen LogP contribution is -2.32. The van der Waals surface area contributed by atoms with Gasteiger partial charge >= 0.3 is 0 Å². The number of hydrogen-bond acceptors (Lipinski definition) is 4. The highest BCUT2D eigenvalue weighted by Crippen LogP contribution is 2.32. The Labute approximate surface area is 141 Å². The Balaban J connectivity index is 1.61. The standard InChI is InChI=1S/C18H25N3OS/c1-3-23-14-9-8-13(12-14)21(2)11-10-17-19-16-7-5-4-6-15(16)18(22)20-17/h4-7,13-14H,3,8-12H2,1-2H3,(H,19,20,22). The molecule has 0 radical (unpaired) electrons. The molecule has 1 aromatic carbocycles. The minimum absolute atomic E-state index is 0.0338. The molecule has 0 aliphatic heterocycles. The maximum atomic E-state index is 12.1. The third-order valence-corrected chi connectivity index (χ3v) is 5.98. The molecule has 1 aromatic heterocycles. The Kier molecular flexibility index (Phi) is 5.38. The van der Waals surface area contributed by atoms with E-state index in [1.165, 1.54) is 25.0 Å². The van der Waals surface area contributed by atoms with Crippen molar-refractivity contribution < 1.29 is 0 Å². The number of benzene rings is 1. The van der Waals surface area contributed by atoms with Gasteiger partial charge in [-0.05, 0) is 44.2 Å². The lowest BCUT2D eigenvalue weighted by atomic mass is 10.2. The van der Waals surface area contributed by atoms with Crippen molar-refractivity contribution in [3.05, 3.63) is 40.4 Å². The van der Waals surface area contributed by atoms with E-state index in [0.717, 1.165) is 29.6 Å². The van der Waals surface area contributed by atoms with E-state index in [1.54, 1.807) is 0 Å². The molecule has 4 nitrogen and oxygen atoms in total. The summed E-state index contributed by atoms with van der Waals surface area (Å²) in [5.74, 6) is 2.00. The summed E-state index contributed by atoms with van der Waals surface area (Å²) in [4.78, 5) is 22.1. The Morgan fingerprint density at radius 2 is 2.17 bits per heavy atom. The lowest BCUT2D eigenvalue weighted by molar-refractivity contribution is 0.247. The number of hydrogen-bond donors (Lipinski definition) is 1. The van der Waals surface area contributed by atoms with Crippen molar-refractivity contribution in [2.24, 2.45) is 0 Å². The van der Waals surface area contributed by atoms with Gasteiger partial charge in [0.05, 0.1) is 10.9 Å². The molecule has 5 heteroatoms. The summed E-state index contributed by atoms with van der Waals surface area (Å²) >= 11 is 2.09. The van der Waals surface area contributed by atoms with Crippen molar-refractivity contribution in [1.29, 1.82) is 0 Å². The van der Waals surface area contributed by atoms with Crippen molar-refractivity contribution in [3.63, 3.8) is 0 Å². The maximum Gasteiger partial charge on any atom is 0.258 e. The van der Waals surface area contributed by atoms with Crippen molar-refractivity contribution >= 4 is 22.7 Å². The maximum absolute atomic E-state index is 12.1. The SMILES string of the molecule is CCSC1CCC(N(C)CCc2nc3ccccc3c(=O)[nH]2)C1. The zero-order valence-corrected chi connectivity index (χ0v) is 14.7. The number of thioether (sulfide) groups is 1. The first-order valence-electron chi connectivity index (χ1n) is 8.47. The predicted octanol–water partition coefficient (Wildman–Crippen LogP) is 3.07. The van der Waals surface area contributed by atoms with E-state index in [0.29, 0.717) is 11.4 Å². The van der Waals surface area contributed by atoms with Crippen LogP contribution in [0, 0.1) is 0 Å². The highest BCUT2D eigenvalue weighted by Gasteiger charge is 2.27. The molecule has 1 heterocycles. The molecule has 2 atom stereocenters. The largest absolute Gasteiger partial charge is 0.310 e. The van der Waals surface area contributed by atoms with E-state index in [2.05, 4.69) is 40.6 Å². The van der Waals surface area contributed by atoms with Crippen LogP contribution in [0.2, 0.25) is 0 Å². The topological polar surface area (TPSA) is 49.0 Å². The van der Waals surface area contributed by atoms with Crippen molar-refractivity contribution in [2.75, 3.05) is 19.3 Å². The van der Waals surface area contributed by atoms with Crippen molar-refractivity contribution in [1.82, 2.24) is 14.9 Å². The third kappa shape index (κ3) is 3.96. The molecule has 0 amide bonds. The number of aromatic nitrogens is 2. The smallest absolute Gasteiger partial charge is 0.258 e. The number of likely N-dealkylation sites (N-methyl/N-ethyl adjacent to an activating group) is 1. The molecule has 0 saturated heterocycles. The van der Waals surface area contributed by atoms with Crippen LogP contribution in [0.4, 0.5) is 0 Å². The fourth-order valence-corrected chi connectivity index (χ4v) is 4.56. The van der Waals surface area contributed by atoms with E-state index in [-0.39, 0.29) is 5.56 Å². The van der Waals surface area contributed by atoms with E-state index in [4.69, 9.17) is 0 Å². The Morgan fingerprint density at radius 3 is 3.00 bits per heavy atom. The first-order valence-corrected chi connectivity index (χ1v) is 9.52. The van der Waals surface area contributed by atoms with Crippen LogP contribution in [-0.2, 0) is 6.42 Å². The summed E-state index contributed by atoms with van der Waals surface area (Å²) in [5.41, 5.74) is 0.753. The molecule has 1 aliphatic rings. The van der Waals surface area contributed by atoms with Gasteiger partial charge in [-0.1, -0.05) is 19.1 Å². The molecule has 0 bridgehead atoms. The van der Waals surface area contributed by atoms with Crippen LogP contribution >= 0.6 is 11.8 Å². The Hall–Kier alpha value is -1.33. The molecule has 1 saturated carbocycles. The summed E-state index contributed by atoms with van der Waals surface area (Å²) in [5, 5.41) is 1.49. The van der Waals surface area contributed by atoms with Gasteiger partial charge in [-0.2, -0.15) is 11.8 Å². The van der Waals surface area contributed by atoms with Crippen molar-refractivity contribution in [3.8, 4) is 0 Å². The van der Waals surface area contributed by atoms with Gasteiger partial charge in [0.1, 0.15) is 5.82 Å². The minimum atomic E-state index is -0.0338. The number of fused-ring (bicyclic) bond motifs is 1. The monoisotopic (exact) mass is 331 g/mol. The molecule has 1 fully saturated rings. The van der Waals surface area contributed by atoms with E-state index >= 15 is 0 Å². The van der Waals surface area contributed by atoms with Crippen LogP contribution < -0.4 is 5.56 Å². The summed E-state index contributed by atoms with van der Waals surface area (Å²) < 4.78 is 0. The summed E-state index contributed by atoms with van der Waals surface area (Å²) in [7, 11) is 2.20. The fraction of sp³-hybridized carbons (Fsp3) is 0.556. The number of H-pyrrole nitrogens is 1. The molecule has 2 aromatic rings. The van der Waals surface area contributed by atoms with Gasteiger partial charge in [-0.25, -0.2) is 4.98 Å². The molecule has 124 valence electrons. The summed E-state index contributed by atoms with van der Waals surface area (Å²) in [6.45, 7) is 3.18. The Bertz CT molecular complexity index is 715. The van der Waals surface area contributed by atoms with Crippen LogP contribution in [0.5, 0.6) is 0 Å². The van der Waals surface area contributed by atoms with E-state index in [1.807, 2.05) is 24.3 Å². The Morgan fingerprint density at radius 1 is 1.35 bits per heavy atom. The minimum Gasteiger partial charge on any atom is -0.310 e. The lowest BCUT2D eigenvalue weighted by Gasteiger charge is -2.24. The zero-order valence-electron chi connectivity index (χ0n) is 13.9. The number of para-hydroxylation sites is 1. The molecule has 1 N–H and O–H groups in total. The summed E-state index contributed by atoms with van der Waals surface area (Å²) in [6, 6.07) is 8.19. The van der Waals surface area contributed by atoms with Gasteiger partial charge in [0, 0.05) is 24.3 Å². The zero-order chi connectivity index (χ0) is 16.2. The van der Waals surface area contributed by atoms with E-state index < -0.39 is 0 Å². The second-order valence-corrected chi connectivity index (χ2v) is 7.88. The van der Waals surface area contributed by atoms with Crippen LogP contribution in [0.1, 0.15) is 32.0 Å². The van der Waals surface area contributed by atoms with Crippen molar-refractivity contribution in [2.45, 2.75) is 43.9 Å². The first kappa shape index (κ1) is 16.5. The number of nitrogens with one attached hydrogen (secondary N) is 1. The molecule has 2 unspecified atom stereocenters. The van der Waals surface area contributed by atoms with Crippen LogP contribution in [0.3, 0.4) is 0 Å². The predicted molar refractivity (Wildman–Crippen MR) is 98.3 cm³/mol. The first-order chi connectivity index (χ1) is 11.2. The second kappa shape index (κ2) is 7.49. The van der Waals surface area contributed by atoms with Gasteiger partial charge < -0.3 is 9.88 Å². The molecular formula is C18H25N3OS. The molecule has 3 rings (SSSR count). The molecule has 1 aliphatic carbocycles. The van der Waals surface area contributed by atoms with Gasteiger partial charge in [-0.15, -0.1) is 0 Å². The summed E-state index contributed by atoms with van der Waals surface area (Å²) in [6.07, 6.45) is 4.70. The molecular weight excluding hydrogens is 306 g/mol. The fourth-order valence-electron chi connectivity index (χ4n) is 3.42. The highest BCUT2D eigenvalue weighted by molar-refractivity contribution is 7.99. The van der Waals surface area contributed by atoms with Crippen LogP contribution in [0.25, 0.3) is 10.9 Å². The second-order valence-electron chi connectivity index (χ2n) is 6.30. The number of nitrogens with zero attached hydrogens (tertiary/aromatic N) is 2. The van der Waals surface area contributed by atoms with Gasteiger partial charge in [0.2, 0.25) is 0 Å². The molecule has 0 spiro atoms. The third-order valence-electron chi connectivity index (χ3n) is 4.75. The van der Waals surface area contributed by atoms with Gasteiger partial charge in [0.15, 0.2) is 0 Å². The van der Waals surface area contributed by atoms with E-state index in [9.17, 15) is 4.79 Å². The molecule has 23 heavy (non-hydrogen) atoms. The van der Waals surface area contributed by atoms with Crippen LogP contribution in [0.15, 0.2) is 29.1 Å². The quantitative estimate of drug-likeness (QED) is 0.884. The average Bonchev–Trinajstić information content (AvgIpc) is 3.02. The van der Waals surface area contributed by atoms with Crippen LogP contribution in [-0.4, -0.2) is 45.5 Å². The normalized spacial score (nSPS) is 21.3. The average molecular weight is 331 g/mol. The number of rotatable bonds is 6. The number of aromatic amines is 1.